The Kier molecular flexibility index (Phi) is 4.59. The van der Waals surface area contributed by atoms with Crippen LogP contribution in [0.5, 0.6) is 0 Å². The molecule has 10 heteroatoms. The number of hydrogen-bond donors (Lipinski definition) is 5. The quantitative estimate of drug-likeness (QED) is 0.322. The van der Waals surface area contributed by atoms with Crippen molar-refractivity contribution in [2.45, 2.75) is 24.9 Å². The Labute approximate surface area is 139 Å². The summed E-state index contributed by atoms with van der Waals surface area (Å²) in [5.41, 5.74) is -0.812. The lowest BCUT2D eigenvalue weighted by Gasteiger charge is -2.22. The topological polar surface area (TPSA) is 162 Å². The number of fused-ring (bicyclic) bond motifs is 2. The smallest absolute Gasteiger partial charge is 0.330 e. The predicted octanol–water partition coefficient (Wildman–Crippen LogP) is -2.29. The van der Waals surface area contributed by atoms with Crippen LogP contribution in [-0.4, -0.2) is 64.9 Å². The van der Waals surface area contributed by atoms with Gasteiger partial charge in [0.2, 0.25) is 0 Å². The molecule has 0 bridgehead atoms. The third-order valence-corrected chi connectivity index (χ3v) is 3.83. The second-order valence-electron chi connectivity index (χ2n) is 5.56. The van der Waals surface area contributed by atoms with E-state index in [1.54, 1.807) is 24.3 Å². The summed E-state index contributed by atoms with van der Waals surface area (Å²) < 4.78 is 0.953. The van der Waals surface area contributed by atoms with Gasteiger partial charge in [0.15, 0.2) is 11.2 Å². The Morgan fingerprint density at radius 1 is 1.04 bits per heavy atom. The number of benzene rings is 1. The lowest BCUT2D eigenvalue weighted by Crippen LogP contribution is -2.44. The molecular weight excluding hydrogens is 332 g/mol. The summed E-state index contributed by atoms with van der Waals surface area (Å²) in [7, 11) is 0. The van der Waals surface area contributed by atoms with Crippen molar-refractivity contribution in [1.82, 2.24) is 19.5 Å². The van der Waals surface area contributed by atoms with E-state index < -0.39 is 42.7 Å². The van der Waals surface area contributed by atoms with E-state index in [-0.39, 0.29) is 11.2 Å². The molecule has 5 N–H and O–H groups in total. The van der Waals surface area contributed by atoms with Gasteiger partial charge in [-0.05, 0) is 12.1 Å². The number of para-hydroxylation sites is 2. The van der Waals surface area contributed by atoms with Gasteiger partial charge in [0.25, 0.3) is 5.56 Å². The largest absolute Gasteiger partial charge is 0.394 e. The molecular formula is C15H16N4O6. The fourth-order valence-corrected chi connectivity index (χ4v) is 2.48. The van der Waals surface area contributed by atoms with E-state index in [4.69, 9.17) is 5.11 Å². The second-order valence-corrected chi connectivity index (χ2v) is 5.56. The van der Waals surface area contributed by atoms with Crippen molar-refractivity contribution < 1.29 is 20.4 Å². The zero-order chi connectivity index (χ0) is 18.1. The number of hydrogen-bond acceptors (Lipinski definition) is 8. The Morgan fingerprint density at radius 2 is 1.68 bits per heavy atom. The molecule has 0 radical (unpaired) electrons. The molecule has 25 heavy (non-hydrogen) atoms. The van der Waals surface area contributed by atoms with Crippen molar-refractivity contribution in [3.05, 3.63) is 45.1 Å². The number of nitrogens with zero attached hydrogens (tertiary/aromatic N) is 3. The first-order valence-electron chi connectivity index (χ1n) is 7.47. The molecule has 0 aliphatic carbocycles. The molecule has 3 rings (SSSR count). The van der Waals surface area contributed by atoms with Gasteiger partial charge in [-0.1, -0.05) is 12.1 Å². The molecule has 2 aromatic heterocycles. The monoisotopic (exact) mass is 348 g/mol. The highest BCUT2D eigenvalue weighted by atomic mass is 16.4. The number of rotatable bonds is 5. The summed E-state index contributed by atoms with van der Waals surface area (Å²) in [4.78, 5) is 34.7. The van der Waals surface area contributed by atoms with Crippen LogP contribution >= 0.6 is 0 Å². The molecule has 0 spiro atoms. The van der Waals surface area contributed by atoms with Gasteiger partial charge in [-0.25, -0.2) is 14.8 Å². The Hall–Kier alpha value is -2.66. The van der Waals surface area contributed by atoms with Crippen LogP contribution in [0.4, 0.5) is 0 Å². The van der Waals surface area contributed by atoms with E-state index in [1.165, 1.54) is 0 Å². The summed E-state index contributed by atoms with van der Waals surface area (Å²) >= 11 is 0. The van der Waals surface area contributed by atoms with Crippen LogP contribution in [0, 0.1) is 0 Å². The van der Waals surface area contributed by atoms with Gasteiger partial charge in [-0.3, -0.25) is 14.3 Å². The first-order valence-corrected chi connectivity index (χ1v) is 7.47. The Morgan fingerprint density at radius 3 is 2.32 bits per heavy atom. The summed E-state index contributed by atoms with van der Waals surface area (Å²) in [6.07, 6.45) is -4.85. The normalized spacial score (nSPS) is 15.4. The van der Waals surface area contributed by atoms with E-state index >= 15 is 0 Å². The minimum atomic E-state index is -1.69. The lowest BCUT2D eigenvalue weighted by molar-refractivity contribution is -0.0806. The van der Waals surface area contributed by atoms with Crippen molar-refractivity contribution in [3.8, 4) is 0 Å². The molecule has 3 aromatic rings. The van der Waals surface area contributed by atoms with E-state index in [0.717, 1.165) is 4.57 Å². The van der Waals surface area contributed by atoms with Crippen LogP contribution in [0.3, 0.4) is 0 Å². The molecule has 10 nitrogen and oxygen atoms in total. The van der Waals surface area contributed by atoms with Crippen LogP contribution in [0.15, 0.2) is 33.9 Å². The molecule has 0 unspecified atom stereocenters. The van der Waals surface area contributed by atoms with Gasteiger partial charge in [-0.15, -0.1) is 0 Å². The van der Waals surface area contributed by atoms with Crippen LogP contribution < -0.4 is 11.2 Å². The van der Waals surface area contributed by atoms with Gasteiger partial charge in [0.05, 0.1) is 24.2 Å². The Balaban J connectivity index is 2.15. The number of aromatic amines is 1. The summed E-state index contributed by atoms with van der Waals surface area (Å²) in [6, 6.07) is 6.75. The molecule has 132 valence electrons. The van der Waals surface area contributed by atoms with Crippen molar-refractivity contribution in [3.63, 3.8) is 0 Å². The molecule has 0 aliphatic heterocycles. The number of aromatic nitrogens is 4. The fraction of sp³-hybridized carbons (Fsp3) is 0.333. The summed E-state index contributed by atoms with van der Waals surface area (Å²) in [5, 5.41) is 38.0. The average molecular weight is 348 g/mol. The highest BCUT2D eigenvalue weighted by Gasteiger charge is 2.26. The lowest BCUT2D eigenvalue weighted by atomic mass is 10.1. The van der Waals surface area contributed by atoms with Gasteiger partial charge >= 0.3 is 5.69 Å². The van der Waals surface area contributed by atoms with Crippen molar-refractivity contribution in [2.75, 3.05) is 6.61 Å². The third-order valence-electron chi connectivity index (χ3n) is 3.83. The average Bonchev–Trinajstić information content (AvgIpc) is 2.62. The molecule has 0 saturated carbocycles. The van der Waals surface area contributed by atoms with Gasteiger partial charge in [-0.2, -0.15) is 0 Å². The number of H-pyrrole nitrogens is 1. The van der Waals surface area contributed by atoms with Crippen molar-refractivity contribution in [2.24, 2.45) is 0 Å². The highest BCUT2D eigenvalue weighted by Crippen LogP contribution is 2.13. The first kappa shape index (κ1) is 17.2. The fourth-order valence-electron chi connectivity index (χ4n) is 2.48. The van der Waals surface area contributed by atoms with Crippen molar-refractivity contribution in [1.29, 1.82) is 0 Å². The standard InChI is InChI=1S/C15H16N4O6/c20-6-10(22)12(23)9(21)5-19-13-11(14(24)18-15(19)25)16-7-3-1-2-4-8(7)17-13/h1-4,9-10,12,20-23H,5-6H2,(H,18,24,25)/t9-,10+,12-/m0/s1. The Bertz CT molecular complexity index is 1030. The van der Waals surface area contributed by atoms with Crippen LogP contribution in [0.1, 0.15) is 0 Å². The van der Waals surface area contributed by atoms with Crippen LogP contribution in [0.2, 0.25) is 0 Å². The van der Waals surface area contributed by atoms with Crippen molar-refractivity contribution >= 4 is 22.2 Å². The van der Waals surface area contributed by atoms with E-state index in [0.29, 0.717) is 11.0 Å². The van der Waals surface area contributed by atoms with Crippen LogP contribution in [-0.2, 0) is 6.54 Å². The van der Waals surface area contributed by atoms with Crippen LogP contribution in [0.25, 0.3) is 22.2 Å². The first-order chi connectivity index (χ1) is 11.9. The molecule has 0 aliphatic rings. The molecule has 0 fully saturated rings. The predicted molar refractivity (Wildman–Crippen MR) is 87.0 cm³/mol. The number of nitrogens with one attached hydrogen (secondary N) is 1. The molecule has 1 aromatic carbocycles. The van der Waals surface area contributed by atoms with Gasteiger partial charge in [0.1, 0.15) is 18.3 Å². The molecule has 3 atom stereocenters. The minimum Gasteiger partial charge on any atom is -0.394 e. The van der Waals surface area contributed by atoms with Gasteiger partial charge < -0.3 is 20.4 Å². The number of aliphatic hydroxyl groups is 4. The summed E-state index contributed by atoms with van der Waals surface area (Å²) in [5.74, 6) is 0. The molecule has 0 saturated heterocycles. The SMILES string of the molecule is O=c1[nH]c(=O)n(C[C@H](O)[C@H](O)[C@H](O)CO)c2nc3ccccc3nc12. The number of aliphatic hydroxyl groups excluding tert-OH is 4. The van der Waals surface area contributed by atoms with E-state index in [2.05, 4.69) is 15.0 Å². The maximum atomic E-state index is 12.1. The highest BCUT2D eigenvalue weighted by molar-refractivity contribution is 5.83. The second kappa shape index (κ2) is 6.69. The van der Waals surface area contributed by atoms with E-state index in [9.17, 15) is 24.9 Å². The zero-order valence-corrected chi connectivity index (χ0v) is 12.9. The minimum absolute atomic E-state index is 0.0582. The van der Waals surface area contributed by atoms with Gasteiger partial charge in [0, 0.05) is 0 Å². The molecule has 0 amide bonds. The zero-order valence-electron chi connectivity index (χ0n) is 12.9. The molecule has 2 heterocycles. The van der Waals surface area contributed by atoms with E-state index in [1.807, 2.05) is 0 Å². The third kappa shape index (κ3) is 3.15. The maximum Gasteiger partial charge on any atom is 0.330 e. The maximum absolute atomic E-state index is 12.1. The summed E-state index contributed by atoms with van der Waals surface area (Å²) in [6.45, 7) is -1.22.